The zero-order valence-electron chi connectivity index (χ0n) is 8.80. The molecule has 0 aromatic heterocycles. The molecule has 0 amide bonds. The molecule has 0 bridgehead atoms. The van der Waals surface area contributed by atoms with Gasteiger partial charge in [0.1, 0.15) is 0 Å². The van der Waals surface area contributed by atoms with Crippen LogP contribution in [0.25, 0.3) is 0 Å². The van der Waals surface area contributed by atoms with Crippen LogP contribution in [-0.4, -0.2) is 58.3 Å². The van der Waals surface area contributed by atoms with Crippen LogP contribution in [0.15, 0.2) is 0 Å². The maximum atomic E-state index is 9.64. The number of carboxylic acids is 2. The fourth-order valence-corrected chi connectivity index (χ4v) is 0.547. The van der Waals surface area contributed by atoms with Crippen molar-refractivity contribution < 1.29 is 30.0 Å². The van der Waals surface area contributed by atoms with Crippen LogP contribution in [0, 0.1) is 0 Å². The summed E-state index contributed by atoms with van der Waals surface area (Å²) in [5, 5.41) is 35.0. The number of carbonyl (C=O) groups is 2. The molecule has 0 aliphatic heterocycles. The molecule has 8 nitrogen and oxygen atoms in total. The van der Waals surface area contributed by atoms with Gasteiger partial charge in [-0.1, -0.05) is 0 Å². The first kappa shape index (κ1) is 17.2. The maximum Gasteiger partial charge on any atom is 0.303 e. The number of rotatable bonds is 7. The highest BCUT2D eigenvalue weighted by molar-refractivity contribution is 5.75. The summed E-state index contributed by atoms with van der Waals surface area (Å²) in [4.78, 5) is 19.3. The number of hydrogen-bond donors (Lipinski definition) is 6. The first-order valence-corrected chi connectivity index (χ1v) is 4.60. The lowest BCUT2D eigenvalue weighted by atomic mass is 10.3. The van der Waals surface area contributed by atoms with E-state index in [2.05, 4.69) is 5.32 Å². The van der Waals surface area contributed by atoms with E-state index in [0.29, 0.717) is 13.1 Å². The molecular weight excluding hydrogens is 220 g/mol. The molecule has 0 saturated carbocycles. The van der Waals surface area contributed by atoms with Gasteiger partial charge in [-0.2, -0.15) is 0 Å². The van der Waals surface area contributed by atoms with Gasteiger partial charge in [-0.25, -0.2) is 0 Å². The Morgan fingerprint density at radius 2 is 1.56 bits per heavy atom. The number of aliphatic hydroxyl groups is 2. The van der Waals surface area contributed by atoms with Gasteiger partial charge in [-0.3, -0.25) is 9.59 Å². The third-order valence-electron chi connectivity index (χ3n) is 1.20. The van der Waals surface area contributed by atoms with E-state index in [1.165, 1.54) is 0 Å². The second kappa shape index (κ2) is 11.9. The summed E-state index contributed by atoms with van der Waals surface area (Å²) in [5.74, 6) is -2.15. The Morgan fingerprint density at radius 1 is 1.12 bits per heavy atom. The highest BCUT2D eigenvalue weighted by atomic mass is 16.5. The van der Waals surface area contributed by atoms with Gasteiger partial charge in [-0.15, -0.1) is 0 Å². The largest absolute Gasteiger partial charge is 0.481 e. The summed E-state index contributed by atoms with van der Waals surface area (Å²) in [6.45, 7) is 1.33. The third kappa shape index (κ3) is 23.0. The highest BCUT2D eigenvalue weighted by Crippen LogP contribution is 1.86. The van der Waals surface area contributed by atoms with E-state index in [9.17, 15) is 9.59 Å². The van der Waals surface area contributed by atoms with Crippen molar-refractivity contribution in [2.24, 2.45) is 5.73 Å². The molecule has 0 spiro atoms. The lowest BCUT2D eigenvalue weighted by Gasteiger charge is -2.02. The van der Waals surface area contributed by atoms with Crippen molar-refractivity contribution in [2.75, 3.05) is 19.6 Å². The van der Waals surface area contributed by atoms with Crippen LogP contribution in [0.2, 0.25) is 0 Å². The predicted octanol–water partition coefficient (Wildman–Crippen LogP) is -2.22. The molecule has 0 aliphatic carbocycles. The molecule has 0 aliphatic rings. The Kier molecular flexibility index (Phi) is 12.7. The van der Waals surface area contributed by atoms with Crippen molar-refractivity contribution in [1.29, 1.82) is 0 Å². The number of nitrogens with one attached hydrogen (secondary N) is 1. The summed E-state index contributed by atoms with van der Waals surface area (Å²) in [6, 6.07) is 0. The summed E-state index contributed by atoms with van der Waals surface area (Å²) in [7, 11) is 0. The molecule has 96 valence electrons. The van der Waals surface area contributed by atoms with Gasteiger partial charge in [0.05, 0.1) is 12.8 Å². The van der Waals surface area contributed by atoms with Crippen molar-refractivity contribution in [2.45, 2.75) is 19.1 Å². The minimum atomic E-state index is -1.26. The molecule has 0 saturated heterocycles. The molecule has 0 atom stereocenters. The maximum absolute atomic E-state index is 9.64. The molecule has 8 heteroatoms. The average molecular weight is 238 g/mol. The van der Waals surface area contributed by atoms with Gasteiger partial charge in [0.2, 0.25) is 0 Å². The molecule has 0 rings (SSSR count). The van der Waals surface area contributed by atoms with Crippen molar-refractivity contribution in [3.05, 3.63) is 0 Å². The van der Waals surface area contributed by atoms with Crippen molar-refractivity contribution in [3.8, 4) is 0 Å². The Balaban J connectivity index is 0. The smallest absolute Gasteiger partial charge is 0.303 e. The van der Waals surface area contributed by atoms with E-state index in [0.717, 1.165) is 0 Å². The van der Waals surface area contributed by atoms with Gasteiger partial charge >= 0.3 is 11.9 Å². The Hall–Kier alpha value is -1.22. The average Bonchev–Trinajstić information content (AvgIpc) is 2.16. The van der Waals surface area contributed by atoms with Gasteiger partial charge in [-0.05, 0) is 0 Å². The first-order chi connectivity index (χ1) is 7.40. The van der Waals surface area contributed by atoms with Crippen LogP contribution < -0.4 is 11.1 Å². The van der Waals surface area contributed by atoms with E-state index in [1.807, 2.05) is 0 Å². The Labute approximate surface area is 92.7 Å². The fraction of sp³-hybridized carbons (Fsp3) is 0.750. The SMILES string of the molecule is NCCNCC(O)O.O=C(O)CCC(=O)O. The van der Waals surface area contributed by atoms with E-state index < -0.39 is 18.2 Å². The van der Waals surface area contributed by atoms with Crippen molar-refractivity contribution in [3.63, 3.8) is 0 Å². The van der Waals surface area contributed by atoms with Crippen LogP contribution in [-0.2, 0) is 9.59 Å². The van der Waals surface area contributed by atoms with E-state index in [1.54, 1.807) is 0 Å². The molecule has 0 aromatic carbocycles. The summed E-state index contributed by atoms with van der Waals surface area (Å²) < 4.78 is 0. The van der Waals surface area contributed by atoms with Crippen molar-refractivity contribution >= 4 is 11.9 Å². The summed E-state index contributed by atoms with van der Waals surface area (Å²) >= 11 is 0. The zero-order chi connectivity index (χ0) is 13.0. The van der Waals surface area contributed by atoms with E-state index in [-0.39, 0.29) is 19.4 Å². The van der Waals surface area contributed by atoms with Gasteiger partial charge in [0.15, 0.2) is 6.29 Å². The normalized spacial score (nSPS) is 9.50. The lowest BCUT2D eigenvalue weighted by molar-refractivity contribution is -0.143. The van der Waals surface area contributed by atoms with E-state index in [4.69, 9.17) is 26.2 Å². The quantitative estimate of drug-likeness (QED) is 0.215. The van der Waals surface area contributed by atoms with Crippen molar-refractivity contribution in [1.82, 2.24) is 5.32 Å². The number of aliphatic carboxylic acids is 2. The molecule has 0 fully saturated rings. The lowest BCUT2D eigenvalue weighted by Crippen LogP contribution is -2.30. The summed E-state index contributed by atoms with van der Waals surface area (Å²) in [6.07, 6.45) is -1.86. The first-order valence-electron chi connectivity index (χ1n) is 4.60. The summed E-state index contributed by atoms with van der Waals surface area (Å²) in [5.41, 5.74) is 5.09. The molecule has 16 heavy (non-hydrogen) atoms. The fourth-order valence-electron chi connectivity index (χ4n) is 0.547. The van der Waals surface area contributed by atoms with Gasteiger partial charge < -0.3 is 31.5 Å². The molecular formula is C8H18N2O6. The Morgan fingerprint density at radius 3 is 1.81 bits per heavy atom. The molecule has 0 radical (unpaired) electrons. The Bertz CT molecular complexity index is 183. The topological polar surface area (TPSA) is 153 Å². The third-order valence-corrected chi connectivity index (χ3v) is 1.20. The molecule has 0 heterocycles. The van der Waals surface area contributed by atoms with Crippen LogP contribution in [0.4, 0.5) is 0 Å². The van der Waals surface area contributed by atoms with Crippen LogP contribution in [0.1, 0.15) is 12.8 Å². The van der Waals surface area contributed by atoms with E-state index >= 15 is 0 Å². The minimum absolute atomic E-state index is 0.192. The van der Waals surface area contributed by atoms with Crippen LogP contribution in [0.5, 0.6) is 0 Å². The zero-order valence-corrected chi connectivity index (χ0v) is 8.80. The predicted molar refractivity (Wildman–Crippen MR) is 54.7 cm³/mol. The number of carboxylic acid groups (broad SMARTS) is 2. The van der Waals surface area contributed by atoms with Gasteiger partial charge in [0.25, 0.3) is 0 Å². The molecule has 0 aromatic rings. The monoisotopic (exact) mass is 238 g/mol. The number of aliphatic hydroxyl groups excluding tert-OH is 1. The highest BCUT2D eigenvalue weighted by Gasteiger charge is 2.00. The number of nitrogens with two attached hydrogens (primary N) is 1. The second-order valence-corrected chi connectivity index (χ2v) is 2.76. The molecule has 0 unspecified atom stereocenters. The second-order valence-electron chi connectivity index (χ2n) is 2.76. The van der Waals surface area contributed by atoms with Crippen LogP contribution in [0.3, 0.4) is 0 Å². The number of hydrogen-bond acceptors (Lipinski definition) is 6. The standard InChI is InChI=1S/C4H12N2O2.C4H6O4/c5-1-2-6-3-4(7)8;5-3(6)1-2-4(7)8/h4,6-8H,1-3,5H2;1-2H2,(H,5,6)(H,7,8). The minimum Gasteiger partial charge on any atom is -0.481 e. The van der Waals surface area contributed by atoms with Gasteiger partial charge in [0, 0.05) is 19.6 Å². The molecule has 7 N–H and O–H groups in total. The van der Waals surface area contributed by atoms with Crippen LogP contribution >= 0.6 is 0 Å².